The molecule has 19 heavy (non-hydrogen) atoms. The highest BCUT2D eigenvalue weighted by Crippen LogP contribution is 2.16. The SMILES string of the molecule is CCCn1cc(NCc2cccc(F)c2F)c(C)n1. The standard InChI is InChI=1S/C14H17F2N3/c1-3-7-19-9-13(10(2)18-19)17-8-11-5-4-6-12(15)14(11)16/h4-6,9,17H,3,7-8H2,1-2H3. The van der Waals surface area contributed by atoms with Crippen molar-refractivity contribution in [3.63, 3.8) is 0 Å². The van der Waals surface area contributed by atoms with Crippen LogP contribution in [-0.2, 0) is 13.1 Å². The van der Waals surface area contributed by atoms with E-state index in [4.69, 9.17) is 0 Å². The van der Waals surface area contributed by atoms with Crippen molar-refractivity contribution >= 4 is 5.69 Å². The van der Waals surface area contributed by atoms with Gasteiger partial charge in [-0.15, -0.1) is 0 Å². The fourth-order valence-electron chi connectivity index (χ4n) is 1.91. The van der Waals surface area contributed by atoms with Crippen LogP contribution in [0, 0.1) is 18.6 Å². The first-order valence-corrected chi connectivity index (χ1v) is 6.32. The molecule has 0 radical (unpaired) electrons. The highest BCUT2D eigenvalue weighted by molar-refractivity contribution is 5.46. The second kappa shape index (κ2) is 5.82. The van der Waals surface area contributed by atoms with Crippen molar-refractivity contribution in [1.29, 1.82) is 0 Å². The lowest BCUT2D eigenvalue weighted by molar-refractivity contribution is 0.500. The highest BCUT2D eigenvalue weighted by atomic mass is 19.2. The van der Waals surface area contributed by atoms with Gasteiger partial charge < -0.3 is 5.32 Å². The number of rotatable bonds is 5. The monoisotopic (exact) mass is 265 g/mol. The molecule has 0 aliphatic heterocycles. The summed E-state index contributed by atoms with van der Waals surface area (Å²) in [6.07, 6.45) is 2.88. The fraction of sp³-hybridized carbons (Fsp3) is 0.357. The third-order valence-corrected chi connectivity index (χ3v) is 2.90. The summed E-state index contributed by atoms with van der Waals surface area (Å²) in [6, 6.07) is 4.18. The Morgan fingerprint density at radius 2 is 2.11 bits per heavy atom. The maximum atomic E-state index is 13.5. The van der Waals surface area contributed by atoms with E-state index in [0.29, 0.717) is 5.56 Å². The molecule has 2 rings (SSSR count). The molecule has 0 bridgehead atoms. The van der Waals surface area contributed by atoms with Gasteiger partial charge in [0.15, 0.2) is 11.6 Å². The molecule has 0 fully saturated rings. The van der Waals surface area contributed by atoms with Crippen LogP contribution in [0.1, 0.15) is 24.6 Å². The van der Waals surface area contributed by atoms with E-state index in [1.54, 1.807) is 6.07 Å². The van der Waals surface area contributed by atoms with Crippen LogP contribution in [0.25, 0.3) is 0 Å². The molecule has 0 unspecified atom stereocenters. The van der Waals surface area contributed by atoms with Crippen LogP contribution >= 0.6 is 0 Å². The van der Waals surface area contributed by atoms with Gasteiger partial charge in [-0.3, -0.25) is 4.68 Å². The molecule has 2 aromatic rings. The van der Waals surface area contributed by atoms with Gasteiger partial charge in [-0.2, -0.15) is 5.10 Å². The number of aryl methyl sites for hydroxylation is 2. The molecule has 0 saturated carbocycles. The predicted octanol–water partition coefficient (Wildman–Crippen LogP) is 3.49. The lowest BCUT2D eigenvalue weighted by Gasteiger charge is -2.06. The van der Waals surface area contributed by atoms with Crippen molar-refractivity contribution in [3.05, 3.63) is 47.3 Å². The van der Waals surface area contributed by atoms with Crippen molar-refractivity contribution < 1.29 is 8.78 Å². The third-order valence-electron chi connectivity index (χ3n) is 2.90. The number of halogens is 2. The highest BCUT2D eigenvalue weighted by Gasteiger charge is 2.09. The molecule has 3 nitrogen and oxygen atoms in total. The van der Waals surface area contributed by atoms with Crippen molar-refractivity contribution in [3.8, 4) is 0 Å². The topological polar surface area (TPSA) is 29.9 Å². The number of hydrogen-bond acceptors (Lipinski definition) is 2. The molecular formula is C14H17F2N3. The van der Waals surface area contributed by atoms with E-state index < -0.39 is 11.6 Å². The Morgan fingerprint density at radius 3 is 2.84 bits per heavy atom. The summed E-state index contributed by atoms with van der Waals surface area (Å²) in [5.74, 6) is -1.62. The number of nitrogens with one attached hydrogen (secondary N) is 1. The third kappa shape index (κ3) is 3.10. The van der Waals surface area contributed by atoms with Gasteiger partial charge in [-0.1, -0.05) is 19.1 Å². The predicted molar refractivity (Wildman–Crippen MR) is 70.9 cm³/mol. The first kappa shape index (κ1) is 13.5. The quantitative estimate of drug-likeness (QED) is 0.896. The molecule has 0 spiro atoms. The Morgan fingerprint density at radius 1 is 1.32 bits per heavy atom. The minimum atomic E-state index is -0.822. The van der Waals surface area contributed by atoms with Crippen LogP contribution in [-0.4, -0.2) is 9.78 Å². The second-order valence-corrected chi connectivity index (χ2v) is 4.46. The Hall–Kier alpha value is -1.91. The van der Waals surface area contributed by atoms with Gasteiger partial charge >= 0.3 is 0 Å². The summed E-state index contributed by atoms with van der Waals surface area (Å²) < 4.78 is 28.4. The van der Waals surface area contributed by atoms with Crippen molar-refractivity contribution in [2.75, 3.05) is 5.32 Å². The Kier molecular flexibility index (Phi) is 4.14. The molecule has 0 atom stereocenters. The van der Waals surface area contributed by atoms with Crippen LogP contribution < -0.4 is 5.32 Å². The van der Waals surface area contributed by atoms with Gasteiger partial charge in [-0.05, 0) is 19.4 Å². The van der Waals surface area contributed by atoms with Gasteiger partial charge in [-0.25, -0.2) is 8.78 Å². The molecular weight excluding hydrogens is 248 g/mol. The van der Waals surface area contributed by atoms with Gasteiger partial charge in [0, 0.05) is 24.8 Å². The van der Waals surface area contributed by atoms with Gasteiger partial charge in [0.1, 0.15) is 0 Å². The van der Waals surface area contributed by atoms with Crippen LogP contribution in [0.2, 0.25) is 0 Å². The average molecular weight is 265 g/mol. The number of aromatic nitrogens is 2. The van der Waals surface area contributed by atoms with Gasteiger partial charge in [0.05, 0.1) is 11.4 Å². The molecule has 0 aliphatic rings. The van der Waals surface area contributed by atoms with Crippen LogP contribution in [0.5, 0.6) is 0 Å². The normalized spacial score (nSPS) is 10.7. The van der Waals surface area contributed by atoms with E-state index in [1.807, 2.05) is 17.8 Å². The van der Waals surface area contributed by atoms with Crippen molar-refractivity contribution in [2.24, 2.45) is 0 Å². The number of anilines is 1. The zero-order chi connectivity index (χ0) is 13.8. The van der Waals surface area contributed by atoms with Crippen molar-refractivity contribution in [1.82, 2.24) is 9.78 Å². The van der Waals surface area contributed by atoms with Crippen LogP contribution in [0.3, 0.4) is 0 Å². The number of hydrogen-bond donors (Lipinski definition) is 1. The van der Waals surface area contributed by atoms with Gasteiger partial charge in [0.25, 0.3) is 0 Å². The van der Waals surface area contributed by atoms with E-state index in [9.17, 15) is 8.78 Å². The largest absolute Gasteiger partial charge is 0.378 e. The van der Waals surface area contributed by atoms with Crippen molar-refractivity contribution in [2.45, 2.75) is 33.4 Å². The second-order valence-electron chi connectivity index (χ2n) is 4.46. The number of nitrogens with zero attached hydrogens (tertiary/aromatic N) is 2. The lowest BCUT2D eigenvalue weighted by atomic mass is 10.2. The molecule has 1 aromatic heterocycles. The summed E-state index contributed by atoms with van der Waals surface area (Å²) in [5.41, 5.74) is 2.00. The molecule has 1 N–H and O–H groups in total. The molecule has 1 aromatic carbocycles. The molecule has 0 amide bonds. The van der Waals surface area contributed by atoms with E-state index >= 15 is 0 Å². The van der Waals surface area contributed by atoms with E-state index in [2.05, 4.69) is 17.3 Å². The minimum absolute atomic E-state index is 0.238. The number of benzene rings is 1. The first-order valence-electron chi connectivity index (χ1n) is 6.32. The molecule has 1 heterocycles. The average Bonchev–Trinajstić information content (AvgIpc) is 2.72. The summed E-state index contributed by atoms with van der Waals surface area (Å²) in [5, 5.41) is 7.43. The Labute approximate surface area is 111 Å². The zero-order valence-electron chi connectivity index (χ0n) is 11.1. The van der Waals surface area contributed by atoms with Gasteiger partial charge in [0.2, 0.25) is 0 Å². The maximum absolute atomic E-state index is 13.5. The Bertz CT molecular complexity index is 564. The zero-order valence-corrected chi connectivity index (χ0v) is 11.1. The van der Waals surface area contributed by atoms with E-state index in [-0.39, 0.29) is 6.54 Å². The van der Waals surface area contributed by atoms with E-state index in [0.717, 1.165) is 30.4 Å². The summed E-state index contributed by atoms with van der Waals surface area (Å²) >= 11 is 0. The van der Waals surface area contributed by atoms with E-state index in [1.165, 1.54) is 6.07 Å². The van der Waals surface area contributed by atoms with Crippen LogP contribution in [0.15, 0.2) is 24.4 Å². The summed E-state index contributed by atoms with van der Waals surface area (Å²) in [6.45, 7) is 5.04. The smallest absolute Gasteiger partial charge is 0.163 e. The molecule has 0 aliphatic carbocycles. The minimum Gasteiger partial charge on any atom is -0.378 e. The van der Waals surface area contributed by atoms with Crippen LogP contribution in [0.4, 0.5) is 14.5 Å². The molecule has 0 saturated heterocycles. The first-order chi connectivity index (χ1) is 9.11. The summed E-state index contributed by atoms with van der Waals surface area (Å²) in [4.78, 5) is 0. The Balaban J connectivity index is 2.08. The summed E-state index contributed by atoms with van der Waals surface area (Å²) in [7, 11) is 0. The fourth-order valence-corrected chi connectivity index (χ4v) is 1.91. The maximum Gasteiger partial charge on any atom is 0.163 e. The molecule has 5 heteroatoms. The molecule has 102 valence electrons. The lowest BCUT2D eigenvalue weighted by Crippen LogP contribution is -2.03.